The van der Waals surface area contributed by atoms with Gasteiger partial charge in [0.15, 0.2) is 0 Å². The molecule has 1 aromatic carbocycles. The average Bonchev–Trinajstić information content (AvgIpc) is 2.38. The van der Waals surface area contributed by atoms with Crippen LogP contribution in [-0.4, -0.2) is 25.2 Å². The highest BCUT2D eigenvalue weighted by molar-refractivity contribution is 5.75. The van der Waals surface area contributed by atoms with E-state index in [-0.39, 0.29) is 12.0 Å². The number of carbonyl (C=O) groups is 1. The molecule has 0 aliphatic rings. The fourth-order valence-corrected chi connectivity index (χ4v) is 1.82. The van der Waals surface area contributed by atoms with Crippen molar-refractivity contribution in [2.75, 3.05) is 7.11 Å². The summed E-state index contributed by atoms with van der Waals surface area (Å²) >= 11 is 0. The molecular weight excluding hydrogens is 214 g/mol. The third kappa shape index (κ3) is 4.57. The molecule has 17 heavy (non-hydrogen) atoms. The maximum absolute atomic E-state index is 11.3. The number of rotatable bonds is 6. The number of methoxy groups -OCH3 is 1. The summed E-state index contributed by atoms with van der Waals surface area (Å²) in [5, 5.41) is 3.29. The van der Waals surface area contributed by atoms with Crippen LogP contribution in [0.3, 0.4) is 0 Å². The summed E-state index contributed by atoms with van der Waals surface area (Å²) in [6, 6.07) is 10.3. The van der Waals surface area contributed by atoms with Gasteiger partial charge in [-0.05, 0) is 25.3 Å². The van der Waals surface area contributed by atoms with Gasteiger partial charge in [-0.25, -0.2) is 0 Å². The quantitative estimate of drug-likeness (QED) is 0.768. The Morgan fingerprint density at radius 3 is 2.53 bits per heavy atom. The fourth-order valence-electron chi connectivity index (χ4n) is 1.82. The van der Waals surface area contributed by atoms with Crippen LogP contribution in [0, 0.1) is 0 Å². The molecule has 3 nitrogen and oxygen atoms in total. The minimum atomic E-state index is -0.256. The van der Waals surface area contributed by atoms with E-state index >= 15 is 0 Å². The van der Waals surface area contributed by atoms with Crippen LogP contribution in [0.15, 0.2) is 30.3 Å². The summed E-state index contributed by atoms with van der Waals surface area (Å²) in [7, 11) is 1.42. The Morgan fingerprint density at radius 2 is 2.00 bits per heavy atom. The van der Waals surface area contributed by atoms with E-state index in [9.17, 15) is 4.79 Å². The van der Waals surface area contributed by atoms with Crippen LogP contribution in [-0.2, 0) is 16.0 Å². The summed E-state index contributed by atoms with van der Waals surface area (Å²) in [6.07, 6.45) is 1.91. The highest BCUT2D eigenvalue weighted by Gasteiger charge is 2.17. The van der Waals surface area contributed by atoms with E-state index in [1.54, 1.807) is 0 Å². The van der Waals surface area contributed by atoms with Crippen molar-refractivity contribution in [1.82, 2.24) is 5.32 Å². The Labute approximate surface area is 103 Å². The molecule has 0 heterocycles. The predicted octanol–water partition coefficient (Wildman–Crippen LogP) is 2.16. The zero-order chi connectivity index (χ0) is 12.7. The van der Waals surface area contributed by atoms with Gasteiger partial charge in [-0.15, -0.1) is 0 Å². The van der Waals surface area contributed by atoms with Crippen LogP contribution in [0.25, 0.3) is 0 Å². The van der Waals surface area contributed by atoms with E-state index in [0.29, 0.717) is 6.04 Å². The summed E-state index contributed by atoms with van der Waals surface area (Å²) in [4.78, 5) is 11.3. The molecular formula is C14H21NO2. The molecule has 94 valence electrons. The topological polar surface area (TPSA) is 38.3 Å². The Hall–Kier alpha value is -1.35. The van der Waals surface area contributed by atoms with Gasteiger partial charge in [-0.3, -0.25) is 4.79 Å². The van der Waals surface area contributed by atoms with Crippen LogP contribution in [0.2, 0.25) is 0 Å². The predicted molar refractivity (Wildman–Crippen MR) is 68.8 cm³/mol. The Kier molecular flexibility index (Phi) is 5.70. The zero-order valence-corrected chi connectivity index (χ0v) is 10.8. The maximum Gasteiger partial charge on any atom is 0.322 e. The lowest BCUT2D eigenvalue weighted by molar-refractivity contribution is -0.142. The average molecular weight is 235 g/mol. The molecule has 0 saturated carbocycles. The SMILES string of the molecule is CCC(Cc1ccccc1)NC(C)C(=O)OC. The van der Waals surface area contributed by atoms with E-state index in [2.05, 4.69) is 24.4 Å². The van der Waals surface area contributed by atoms with Crippen molar-refractivity contribution >= 4 is 5.97 Å². The molecule has 2 unspecified atom stereocenters. The van der Waals surface area contributed by atoms with Gasteiger partial charge in [0.1, 0.15) is 6.04 Å². The van der Waals surface area contributed by atoms with Crippen LogP contribution >= 0.6 is 0 Å². The van der Waals surface area contributed by atoms with Crippen molar-refractivity contribution in [3.63, 3.8) is 0 Å². The minimum absolute atomic E-state index is 0.212. The van der Waals surface area contributed by atoms with E-state index in [1.165, 1.54) is 12.7 Å². The minimum Gasteiger partial charge on any atom is -0.468 e. The molecule has 0 bridgehead atoms. The van der Waals surface area contributed by atoms with Gasteiger partial charge in [0.25, 0.3) is 0 Å². The lowest BCUT2D eigenvalue weighted by Gasteiger charge is -2.20. The monoisotopic (exact) mass is 235 g/mol. The fraction of sp³-hybridized carbons (Fsp3) is 0.500. The highest BCUT2D eigenvalue weighted by Crippen LogP contribution is 2.06. The van der Waals surface area contributed by atoms with Crippen LogP contribution < -0.4 is 5.32 Å². The molecule has 1 N–H and O–H groups in total. The normalized spacial score (nSPS) is 14.1. The third-order valence-electron chi connectivity index (χ3n) is 2.86. The van der Waals surface area contributed by atoms with Crippen molar-refractivity contribution < 1.29 is 9.53 Å². The number of benzene rings is 1. The summed E-state index contributed by atoms with van der Waals surface area (Å²) in [5.41, 5.74) is 1.28. The highest BCUT2D eigenvalue weighted by atomic mass is 16.5. The zero-order valence-electron chi connectivity index (χ0n) is 10.8. The number of carbonyl (C=O) groups excluding carboxylic acids is 1. The van der Waals surface area contributed by atoms with Gasteiger partial charge in [0.05, 0.1) is 7.11 Å². The van der Waals surface area contributed by atoms with Crippen molar-refractivity contribution in [3.05, 3.63) is 35.9 Å². The summed E-state index contributed by atoms with van der Waals surface area (Å²) in [5.74, 6) is -0.212. The molecule has 0 spiro atoms. The first-order chi connectivity index (χ1) is 8.17. The Morgan fingerprint density at radius 1 is 1.35 bits per heavy atom. The summed E-state index contributed by atoms with van der Waals surface area (Å²) < 4.78 is 4.71. The first kappa shape index (κ1) is 13.7. The van der Waals surface area contributed by atoms with Gasteiger partial charge >= 0.3 is 5.97 Å². The van der Waals surface area contributed by atoms with Crippen molar-refractivity contribution in [2.24, 2.45) is 0 Å². The van der Waals surface area contributed by atoms with E-state index in [0.717, 1.165) is 12.8 Å². The standard InChI is InChI=1S/C14H21NO2/c1-4-13(15-11(2)14(16)17-3)10-12-8-6-5-7-9-12/h5-9,11,13,15H,4,10H2,1-3H3. The maximum atomic E-state index is 11.3. The largest absolute Gasteiger partial charge is 0.468 e. The molecule has 0 aliphatic carbocycles. The molecule has 0 saturated heterocycles. The van der Waals surface area contributed by atoms with Gasteiger partial charge in [-0.2, -0.15) is 0 Å². The number of ether oxygens (including phenoxy) is 1. The van der Waals surface area contributed by atoms with Gasteiger partial charge in [0.2, 0.25) is 0 Å². The molecule has 0 radical (unpaired) electrons. The van der Waals surface area contributed by atoms with Crippen LogP contribution in [0.5, 0.6) is 0 Å². The Bertz CT molecular complexity index is 337. The van der Waals surface area contributed by atoms with E-state index in [4.69, 9.17) is 4.74 Å². The molecule has 0 aromatic heterocycles. The lowest BCUT2D eigenvalue weighted by Crippen LogP contribution is -2.42. The smallest absolute Gasteiger partial charge is 0.322 e. The second kappa shape index (κ2) is 7.07. The van der Waals surface area contributed by atoms with Gasteiger partial charge in [0, 0.05) is 6.04 Å². The molecule has 1 rings (SSSR count). The molecule has 0 aliphatic heterocycles. The molecule has 0 fully saturated rings. The van der Waals surface area contributed by atoms with E-state index in [1.807, 2.05) is 25.1 Å². The van der Waals surface area contributed by atoms with Crippen molar-refractivity contribution in [1.29, 1.82) is 0 Å². The molecule has 3 heteroatoms. The Balaban J connectivity index is 2.52. The van der Waals surface area contributed by atoms with Gasteiger partial charge in [-0.1, -0.05) is 37.3 Å². The summed E-state index contributed by atoms with van der Waals surface area (Å²) in [6.45, 7) is 3.95. The van der Waals surface area contributed by atoms with Crippen LogP contribution in [0.4, 0.5) is 0 Å². The number of hydrogen-bond donors (Lipinski definition) is 1. The van der Waals surface area contributed by atoms with Gasteiger partial charge < -0.3 is 10.1 Å². The van der Waals surface area contributed by atoms with Crippen molar-refractivity contribution in [2.45, 2.75) is 38.8 Å². The number of esters is 1. The third-order valence-corrected chi connectivity index (χ3v) is 2.86. The number of hydrogen-bond acceptors (Lipinski definition) is 3. The van der Waals surface area contributed by atoms with Crippen LogP contribution in [0.1, 0.15) is 25.8 Å². The first-order valence-electron chi connectivity index (χ1n) is 6.05. The molecule has 1 aromatic rings. The second-order valence-corrected chi connectivity index (χ2v) is 4.21. The number of nitrogens with one attached hydrogen (secondary N) is 1. The first-order valence-corrected chi connectivity index (χ1v) is 6.05. The second-order valence-electron chi connectivity index (χ2n) is 4.21. The van der Waals surface area contributed by atoms with E-state index < -0.39 is 0 Å². The van der Waals surface area contributed by atoms with Crippen molar-refractivity contribution in [3.8, 4) is 0 Å². The molecule has 0 amide bonds. The lowest BCUT2D eigenvalue weighted by atomic mass is 10.0. The molecule has 2 atom stereocenters.